The average molecular weight is 341 g/mol. The Labute approximate surface area is 152 Å². The quantitative estimate of drug-likeness (QED) is 0.583. The van der Waals surface area contributed by atoms with Crippen LogP contribution < -0.4 is 0 Å². The highest BCUT2D eigenvalue weighted by atomic mass is 16.3. The van der Waals surface area contributed by atoms with E-state index in [-0.39, 0.29) is 11.5 Å². The van der Waals surface area contributed by atoms with Gasteiger partial charge >= 0.3 is 0 Å². The van der Waals surface area contributed by atoms with Crippen molar-refractivity contribution in [1.29, 1.82) is 0 Å². The first-order chi connectivity index (χ1) is 11.9. The van der Waals surface area contributed by atoms with Crippen LogP contribution in [0.15, 0.2) is 23.8 Å². The van der Waals surface area contributed by atoms with E-state index < -0.39 is 5.60 Å². The number of aliphatic hydroxyl groups is 2. The Morgan fingerprint density at radius 2 is 2.12 bits per heavy atom. The minimum Gasteiger partial charge on any atom is -0.393 e. The molecule has 0 saturated heterocycles. The third-order valence-corrected chi connectivity index (χ3v) is 8.33. The van der Waals surface area contributed by atoms with Gasteiger partial charge < -0.3 is 10.2 Å². The molecule has 4 rings (SSSR count). The van der Waals surface area contributed by atoms with Gasteiger partial charge in [-0.3, -0.25) is 0 Å². The van der Waals surface area contributed by atoms with Crippen LogP contribution in [0.4, 0.5) is 0 Å². The number of fused-ring (bicyclic) bond motifs is 4. The van der Waals surface area contributed by atoms with Crippen LogP contribution in [0.5, 0.6) is 0 Å². The van der Waals surface area contributed by atoms with Crippen LogP contribution in [-0.2, 0) is 0 Å². The highest BCUT2D eigenvalue weighted by Gasteiger charge is 2.63. The van der Waals surface area contributed by atoms with Crippen LogP contribution in [0, 0.1) is 41.4 Å². The summed E-state index contributed by atoms with van der Waals surface area (Å²) in [5.74, 6) is 5.10. The van der Waals surface area contributed by atoms with Gasteiger partial charge in [0.2, 0.25) is 0 Å². The molecule has 2 heteroatoms. The lowest BCUT2D eigenvalue weighted by Crippen LogP contribution is -2.54. The molecule has 2 nitrogen and oxygen atoms in total. The fraction of sp³-hybridized carbons (Fsp3) is 0.739. The van der Waals surface area contributed by atoms with E-state index >= 15 is 0 Å². The van der Waals surface area contributed by atoms with Gasteiger partial charge in [0.05, 0.1) is 6.10 Å². The molecule has 0 aromatic carbocycles. The Bertz CT molecular complexity index is 641. The number of terminal acetylenes is 1. The minimum atomic E-state index is -0.945. The molecule has 25 heavy (non-hydrogen) atoms. The van der Waals surface area contributed by atoms with Crippen LogP contribution in [-0.4, -0.2) is 21.9 Å². The Kier molecular flexibility index (Phi) is 4.17. The second-order valence-electron chi connectivity index (χ2n) is 9.31. The van der Waals surface area contributed by atoms with Gasteiger partial charge in [0, 0.05) is 5.41 Å². The lowest BCUT2D eigenvalue weighted by Gasteiger charge is -2.56. The summed E-state index contributed by atoms with van der Waals surface area (Å²) >= 11 is 0. The van der Waals surface area contributed by atoms with Gasteiger partial charge in [0.1, 0.15) is 5.60 Å². The zero-order valence-corrected chi connectivity index (χ0v) is 15.5. The molecular weight excluding hydrogens is 308 g/mol. The number of hydrogen-bond donors (Lipinski definition) is 2. The van der Waals surface area contributed by atoms with Gasteiger partial charge in [-0.1, -0.05) is 30.1 Å². The van der Waals surface area contributed by atoms with Crippen LogP contribution in [0.2, 0.25) is 0 Å². The molecule has 0 aromatic heterocycles. The third kappa shape index (κ3) is 2.39. The number of aliphatic hydroxyl groups excluding tert-OH is 1. The number of allylic oxidation sites excluding steroid dienone is 2. The molecule has 7 atom stereocenters. The molecule has 4 aliphatic carbocycles. The van der Waals surface area contributed by atoms with Gasteiger partial charge in [-0.05, 0) is 81.5 Å². The van der Waals surface area contributed by atoms with E-state index in [2.05, 4.69) is 25.5 Å². The van der Waals surface area contributed by atoms with E-state index in [1.807, 2.05) is 0 Å². The highest BCUT2D eigenvalue weighted by molar-refractivity contribution is 5.31. The monoisotopic (exact) mass is 340 g/mol. The molecule has 4 aliphatic rings. The predicted molar refractivity (Wildman–Crippen MR) is 101 cm³/mol. The van der Waals surface area contributed by atoms with Gasteiger partial charge in [-0.2, -0.15) is 0 Å². The summed E-state index contributed by atoms with van der Waals surface area (Å²) in [6.45, 7) is 6.27. The fourth-order valence-electron chi connectivity index (χ4n) is 7.18. The van der Waals surface area contributed by atoms with E-state index in [1.54, 1.807) is 11.1 Å². The van der Waals surface area contributed by atoms with Crippen LogP contribution in [0.3, 0.4) is 0 Å². The topological polar surface area (TPSA) is 40.5 Å². The van der Waals surface area contributed by atoms with Gasteiger partial charge in [0.25, 0.3) is 0 Å². The van der Waals surface area contributed by atoms with E-state index in [0.29, 0.717) is 23.7 Å². The van der Waals surface area contributed by atoms with Crippen LogP contribution >= 0.6 is 0 Å². The van der Waals surface area contributed by atoms with Crippen LogP contribution in [0.1, 0.15) is 64.7 Å². The summed E-state index contributed by atoms with van der Waals surface area (Å²) in [7, 11) is 0. The summed E-state index contributed by atoms with van der Waals surface area (Å²) in [4.78, 5) is 0. The van der Waals surface area contributed by atoms with Crippen molar-refractivity contribution in [2.75, 3.05) is 0 Å². The van der Waals surface area contributed by atoms with Crippen molar-refractivity contribution in [3.8, 4) is 12.3 Å². The molecule has 136 valence electrons. The maximum absolute atomic E-state index is 11.2. The van der Waals surface area contributed by atoms with Crippen LogP contribution in [0.25, 0.3) is 0 Å². The normalized spacial score (nSPS) is 49.0. The molecule has 0 aliphatic heterocycles. The molecule has 0 aromatic rings. The van der Waals surface area contributed by atoms with Gasteiger partial charge in [0.15, 0.2) is 0 Å². The second-order valence-corrected chi connectivity index (χ2v) is 9.31. The first-order valence-electron chi connectivity index (χ1n) is 10.1. The first kappa shape index (κ1) is 17.4. The molecular formula is C23H32O2. The lowest BCUT2D eigenvalue weighted by molar-refractivity contribution is -0.0926. The Morgan fingerprint density at radius 3 is 2.84 bits per heavy atom. The predicted octanol–water partition coefficient (Wildman–Crippen LogP) is 4.23. The van der Waals surface area contributed by atoms with Crippen molar-refractivity contribution >= 4 is 0 Å². The summed E-state index contributed by atoms with van der Waals surface area (Å²) < 4.78 is 0. The standard InChI is InChI=1S/C23H32O2/c1-4-6-16-14-22(3)20(11-12-23(22,25)5-2)19-9-7-15-13-17(24)8-10-18(15)21(16)19/h2,4,16-17,19-21,24-25H,1,6-14H2,3H3. The highest BCUT2D eigenvalue weighted by Crippen LogP contribution is 2.66. The number of rotatable bonds is 2. The van der Waals surface area contributed by atoms with E-state index in [4.69, 9.17) is 6.42 Å². The van der Waals surface area contributed by atoms with Crippen molar-refractivity contribution < 1.29 is 10.2 Å². The zero-order chi connectivity index (χ0) is 17.8. The van der Waals surface area contributed by atoms with Crippen molar-refractivity contribution in [3.05, 3.63) is 23.8 Å². The lowest BCUT2D eigenvalue weighted by atomic mass is 9.49. The Hall–Kier alpha value is -1.04. The zero-order valence-electron chi connectivity index (χ0n) is 15.5. The summed E-state index contributed by atoms with van der Waals surface area (Å²) in [6.07, 6.45) is 16.7. The molecule has 0 amide bonds. The molecule has 2 N–H and O–H groups in total. The first-order valence-corrected chi connectivity index (χ1v) is 10.1. The summed E-state index contributed by atoms with van der Waals surface area (Å²) in [6, 6.07) is 0. The van der Waals surface area contributed by atoms with Crippen molar-refractivity contribution in [3.63, 3.8) is 0 Å². The maximum Gasteiger partial charge on any atom is 0.130 e. The molecule has 0 radical (unpaired) electrons. The maximum atomic E-state index is 11.2. The largest absolute Gasteiger partial charge is 0.393 e. The Balaban J connectivity index is 1.75. The molecule has 2 saturated carbocycles. The summed E-state index contributed by atoms with van der Waals surface area (Å²) in [5.41, 5.74) is 2.09. The summed E-state index contributed by atoms with van der Waals surface area (Å²) in [5, 5.41) is 21.3. The molecule has 0 spiro atoms. The second kappa shape index (κ2) is 6.00. The van der Waals surface area contributed by atoms with E-state index in [9.17, 15) is 10.2 Å². The smallest absolute Gasteiger partial charge is 0.130 e. The van der Waals surface area contributed by atoms with Crippen molar-refractivity contribution in [1.82, 2.24) is 0 Å². The molecule has 7 unspecified atom stereocenters. The third-order valence-electron chi connectivity index (χ3n) is 8.33. The van der Waals surface area contributed by atoms with Gasteiger partial charge in [-0.15, -0.1) is 13.0 Å². The molecule has 2 fully saturated rings. The van der Waals surface area contributed by atoms with Crippen molar-refractivity contribution in [2.45, 2.75) is 76.4 Å². The van der Waals surface area contributed by atoms with Crippen molar-refractivity contribution in [2.24, 2.45) is 29.1 Å². The van der Waals surface area contributed by atoms with Gasteiger partial charge in [-0.25, -0.2) is 0 Å². The molecule has 0 bridgehead atoms. The minimum absolute atomic E-state index is 0.139. The van der Waals surface area contributed by atoms with E-state index in [0.717, 1.165) is 51.4 Å². The molecule has 0 heterocycles. The fourth-order valence-corrected chi connectivity index (χ4v) is 7.18. The number of hydrogen-bond acceptors (Lipinski definition) is 2. The van der Waals surface area contributed by atoms with E-state index in [1.165, 1.54) is 6.42 Å². The Morgan fingerprint density at radius 1 is 1.32 bits per heavy atom. The SMILES string of the molecule is C#CC1(O)CCC2C3CCC4=C(CCC(O)C4)C3C(CC=C)CC21C. The average Bonchev–Trinajstić information content (AvgIpc) is 2.86.